The van der Waals surface area contributed by atoms with E-state index in [1.807, 2.05) is 29.6 Å². The standard InChI is InChI=1S/C19H16Cl3N3O2S2/c20-14-3-1-13(2-4-14)17-12-28-19(23-17)24-7-9-25(10-8-24)29(26,27)18-11-15(21)5-6-16(18)22/h1-6,11-12H,7-10H2. The third-order valence-electron chi connectivity index (χ3n) is 4.65. The highest BCUT2D eigenvalue weighted by Crippen LogP contribution is 2.31. The monoisotopic (exact) mass is 487 g/mol. The van der Waals surface area contributed by atoms with Crippen molar-refractivity contribution in [1.82, 2.24) is 9.29 Å². The molecule has 4 rings (SSSR count). The quantitative estimate of drug-likeness (QED) is 0.501. The van der Waals surface area contributed by atoms with E-state index in [0.29, 0.717) is 36.2 Å². The van der Waals surface area contributed by atoms with E-state index in [1.54, 1.807) is 6.07 Å². The fourth-order valence-corrected chi connectivity index (χ4v) is 6.27. The Balaban J connectivity index is 1.47. The molecule has 3 aromatic rings. The second-order valence-corrected chi connectivity index (χ2v) is 10.5. The Morgan fingerprint density at radius 1 is 0.897 bits per heavy atom. The summed E-state index contributed by atoms with van der Waals surface area (Å²) in [4.78, 5) is 6.83. The maximum absolute atomic E-state index is 13.0. The van der Waals surface area contributed by atoms with Gasteiger partial charge in [-0.05, 0) is 30.3 Å². The Labute approximate surface area is 188 Å². The average Bonchev–Trinajstić information content (AvgIpc) is 3.20. The lowest BCUT2D eigenvalue weighted by atomic mass is 10.2. The van der Waals surface area contributed by atoms with Gasteiger partial charge in [0.15, 0.2) is 5.13 Å². The van der Waals surface area contributed by atoms with Crippen LogP contribution in [0.15, 0.2) is 52.7 Å². The summed E-state index contributed by atoms with van der Waals surface area (Å²) in [6.45, 7) is 1.79. The van der Waals surface area contributed by atoms with Crippen LogP contribution < -0.4 is 4.90 Å². The Bertz CT molecular complexity index is 1130. The van der Waals surface area contributed by atoms with Crippen molar-refractivity contribution in [3.63, 3.8) is 0 Å². The van der Waals surface area contributed by atoms with Crippen molar-refractivity contribution in [3.05, 3.63) is 62.9 Å². The Hall–Kier alpha value is -1.35. The van der Waals surface area contributed by atoms with Gasteiger partial charge in [-0.3, -0.25) is 0 Å². The van der Waals surface area contributed by atoms with E-state index < -0.39 is 10.0 Å². The lowest BCUT2D eigenvalue weighted by Gasteiger charge is -2.34. The minimum absolute atomic E-state index is 0.0411. The van der Waals surface area contributed by atoms with Crippen LogP contribution in [0.25, 0.3) is 11.3 Å². The van der Waals surface area contributed by atoms with Crippen LogP contribution in [0, 0.1) is 0 Å². The number of sulfonamides is 1. The highest BCUT2D eigenvalue weighted by Gasteiger charge is 2.31. The van der Waals surface area contributed by atoms with Crippen molar-refractivity contribution in [3.8, 4) is 11.3 Å². The van der Waals surface area contributed by atoms with Gasteiger partial charge >= 0.3 is 0 Å². The lowest BCUT2D eigenvalue weighted by Crippen LogP contribution is -2.48. The largest absolute Gasteiger partial charge is 0.345 e. The van der Waals surface area contributed by atoms with Gasteiger partial charge in [0.05, 0.1) is 10.7 Å². The molecule has 1 saturated heterocycles. The Morgan fingerprint density at radius 3 is 2.24 bits per heavy atom. The van der Waals surface area contributed by atoms with Crippen LogP contribution in [-0.4, -0.2) is 43.9 Å². The molecule has 1 aromatic heterocycles. The number of piperazine rings is 1. The van der Waals surface area contributed by atoms with Crippen molar-refractivity contribution in [2.24, 2.45) is 0 Å². The average molecular weight is 489 g/mol. The maximum Gasteiger partial charge on any atom is 0.244 e. The molecule has 0 radical (unpaired) electrons. The highest BCUT2D eigenvalue weighted by atomic mass is 35.5. The van der Waals surface area contributed by atoms with Crippen molar-refractivity contribution >= 4 is 61.3 Å². The highest BCUT2D eigenvalue weighted by molar-refractivity contribution is 7.89. The molecule has 0 unspecified atom stereocenters. The summed E-state index contributed by atoms with van der Waals surface area (Å²) in [5.41, 5.74) is 1.87. The van der Waals surface area contributed by atoms with E-state index in [4.69, 9.17) is 39.8 Å². The number of rotatable bonds is 4. The summed E-state index contributed by atoms with van der Waals surface area (Å²) in [5.74, 6) is 0. The molecule has 0 atom stereocenters. The zero-order chi connectivity index (χ0) is 20.6. The van der Waals surface area contributed by atoms with E-state index in [0.717, 1.165) is 16.4 Å². The second-order valence-electron chi connectivity index (χ2n) is 6.49. The third-order valence-corrected chi connectivity index (χ3v) is 8.42. The molecule has 29 heavy (non-hydrogen) atoms. The van der Waals surface area contributed by atoms with Crippen LogP contribution >= 0.6 is 46.1 Å². The molecular weight excluding hydrogens is 473 g/mol. The first-order chi connectivity index (χ1) is 13.8. The number of nitrogens with zero attached hydrogens (tertiary/aromatic N) is 3. The number of anilines is 1. The molecule has 0 spiro atoms. The number of thiazole rings is 1. The summed E-state index contributed by atoms with van der Waals surface area (Å²) in [5, 5.41) is 4.05. The molecule has 0 N–H and O–H groups in total. The Morgan fingerprint density at radius 2 is 1.55 bits per heavy atom. The summed E-state index contributed by atoms with van der Waals surface area (Å²) in [6, 6.07) is 12.0. The topological polar surface area (TPSA) is 53.5 Å². The van der Waals surface area contributed by atoms with E-state index in [1.165, 1.54) is 27.8 Å². The van der Waals surface area contributed by atoms with Crippen molar-refractivity contribution < 1.29 is 8.42 Å². The van der Waals surface area contributed by atoms with Crippen molar-refractivity contribution in [2.75, 3.05) is 31.1 Å². The van der Waals surface area contributed by atoms with Gasteiger partial charge in [0.2, 0.25) is 10.0 Å². The van der Waals surface area contributed by atoms with Gasteiger partial charge < -0.3 is 4.90 Å². The fourth-order valence-electron chi connectivity index (χ4n) is 3.10. The normalized spacial score (nSPS) is 15.6. The van der Waals surface area contributed by atoms with E-state index >= 15 is 0 Å². The first-order valence-corrected chi connectivity index (χ1v) is 12.2. The molecule has 2 aromatic carbocycles. The first-order valence-electron chi connectivity index (χ1n) is 8.76. The first kappa shape index (κ1) is 20.9. The molecule has 5 nitrogen and oxygen atoms in total. The fraction of sp³-hybridized carbons (Fsp3) is 0.211. The van der Waals surface area contributed by atoms with Gasteiger partial charge in [-0.2, -0.15) is 4.31 Å². The van der Waals surface area contributed by atoms with E-state index in [-0.39, 0.29) is 9.92 Å². The Kier molecular flexibility index (Phi) is 6.06. The molecule has 152 valence electrons. The summed E-state index contributed by atoms with van der Waals surface area (Å²) < 4.78 is 27.4. The molecule has 0 amide bonds. The van der Waals surface area contributed by atoms with Gasteiger partial charge in [-0.1, -0.05) is 46.9 Å². The van der Waals surface area contributed by atoms with Crippen LogP contribution in [0.2, 0.25) is 15.1 Å². The molecule has 0 saturated carbocycles. The number of hydrogen-bond acceptors (Lipinski definition) is 5. The smallest absolute Gasteiger partial charge is 0.244 e. The van der Waals surface area contributed by atoms with Crippen LogP contribution in [0.4, 0.5) is 5.13 Å². The summed E-state index contributed by atoms with van der Waals surface area (Å²) in [6.07, 6.45) is 0. The maximum atomic E-state index is 13.0. The van der Waals surface area contributed by atoms with Gasteiger partial charge in [-0.15, -0.1) is 11.3 Å². The molecule has 1 fully saturated rings. The van der Waals surface area contributed by atoms with Gasteiger partial charge in [0.25, 0.3) is 0 Å². The molecule has 1 aliphatic rings. The van der Waals surface area contributed by atoms with Crippen LogP contribution in [0.1, 0.15) is 0 Å². The van der Waals surface area contributed by atoms with Crippen LogP contribution in [0.5, 0.6) is 0 Å². The number of halogens is 3. The zero-order valence-electron chi connectivity index (χ0n) is 15.1. The van der Waals surface area contributed by atoms with Crippen LogP contribution in [-0.2, 0) is 10.0 Å². The molecule has 0 bridgehead atoms. The summed E-state index contributed by atoms with van der Waals surface area (Å²) >= 11 is 19.5. The minimum atomic E-state index is -3.70. The number of aromatic nitrogens is 1. The minimum Gasteiger partial charge on any atom is -0.345 e. The van der Waals surface area contributed by atoms with E-state index in [2.05, 4.69) is 4.90 Å². The van der Waals surface area contributed by atoms with Gasteiger partial charge in [0.1, 0.15) is 4.90 Å². The predicted octanol–water partition coefficient (Wildman–Crippen LogP) is 5.28. The van der Waals surface area contributed by atoms with Crippen molar-refractivity contribution in [1.29, 1.82) is 0 Å². The molecule has 10 heteroatoms. The molecular formula is C19H16Cl3N3O2S2. The lowest BCUT2D eigenvalue weighted by molar-refractivity contribution is 0.385. The zero-order valence-corrected chi connectivity index (χ0v) is 19.0. The van der Waals surface area contributed by atoms with Gasteiger partial charge in [0, 0.05) is 47.2 Å². The van der Waals surface area contributed by atoms with Gasteiger partial charge in [-0.25, -0.2) is 13.4 Å². The van der Waals surface area contributed by atoms with E-state index in [9.17, 15) is 8.42 Å². The molecule has 2 heterocycles. The summed E-state index contributed by atoms with van der Waals surface area (Å²) in [7, 11) is -3.70. The molecule has 0 aliphatic carbocycles. The SMILES string of the molecule is O=S(=O)(c1cc(Cl)ccc1Cl)N1CCN(c2nc(-c3ccc(Cl)cc3)cs2)CC1. The molecule has 1 aliphatic heterocycles. The van der Waals surface area contributed by atoms with Crippen molar-refractivity contribution in [2.45, 2.75) is 4.90 Å². The number of hydrogen-bond donors (Lipinski definition) is 0. The third kappa shape index (κ3) is 4.40. The second kappa shape index (κ2) is 8.41. The predicted molar refractivity (Wildman–Crippen MR) is 120 cm³/mol. The number of benzene rings is 2. The van der Waals surface area contributed by atoms with Crippen LogP contribution in [0.3, 0.4) is 0 Å².